The maximum atomic E-state index is 13.0. The lowest BCUT2D eigenvalue weighted by molar-refractivity contribution is 0.266. The minimum absolute atomic E-state index is 0.147. The van der Waals surface area contributed by atoms with E-state index in [9.17, 15) is 4.39 Å². The second-order valence-electron chi connectivity index (χ2n) is 3.70. The molecule has 0 aliphatic rings. The second kappa shape index (κ2) is 5.56. The molecule has 0 aliphatic carbocycles. The van der Waals surface area contributed by atoms with Crippen LogP contribution >= 0.6 is 0 Å². The Labute approximate surface area is 89.1 Å². The minimum atomic E-state index is -0.408. The first-order chi connectivity index (χ1) is 7.15. The van der Waals surface area contributed by atoms with Gasteiger partial charge in [-0.25, -0.2) is 4.39 Å². The molecule has 0 spiro atoms. The molecule has 0 aromatic heterocycles. The van der Waals surface area contributed by atoms with E-state index in [1.54, 1.807) is 12.1 Å². The minimum Gasteiger partial charge on any atom is -0.396 e. The molecule has 0 amide bonds. The molecular weight excluding hydrogens is 195 g/mol. The average Bonchev–Trinajstić information content (AvgIpc) is 2.21. The molecule has 1 aromatic rings. The molecule has 0 heterocycles. The number of aliphatic hydroxyl groups is 1. The van der Waals surface area contributed by atoms with Crippen LogP contribution in [-0.2, 0) is 0 Å². The number of nitrogens with one attached hydrogen (secondary N) is 1. The van der Waals surface area contributed by atoms with Gasteiger partial charge < -0.3 is 16.2 Å². The van der Waals surface area contributed by atoms with Gasteiger partial charge in [0.2, 0.25) is 0 Å². The first-order valence-electron chi connectivity index (χ1n) is 5.04. The van der Waals surface area contributed by atoms with Crippen LogP contribution < -0.4 is 11.1 Å². The van der Waals surface area contributed by atoms with E-state index in [0.29, 0.717) is 18.2 Å². The molecule has 84 valence electrons. The van der Waals surface area contributed by atoms with Gasteiger partial charge in [-0.15, -0.1) is 0 Å². The number of halogens is 1. The van der Waals surface area contributed by atoms with Crippen molar-refractivity contribution in [1.29, 1.82) is 0 Å². The lowest BCUT2D eigenvalue weighted by atomic mass is 10.1. The maximum absolute atomic E-state index is 13.0. The number of rotatable bonds is 5. The Bertz CT molecular complexity index is 317. The Kier molecular flexibility index (Phi) is 4.37. The first-order valence-corrected chi connectivity index (χ1v) is 5.04. The van der Waals surface area contributed by atoms with E-state index in [1.165, 1.54) is 6.07 Å². The van der Waals surface area contributed by atoms with E-state index < -0.39 is 5.82 Å². The van der Waals surface area contributed by atoms with Crippen LogP contribution in [0.2, 0.25) is 0 Å². The van der Waals surface area contributed by atoms with Crippen molar-refractivity contribution in [1.82, 2.24) is 0 Å². The number of nitrogen functional groups attached to an aromatic ring is 1. The fraction of sp³-hybridized carbons (Fsp3) is 0.455. The van der Waals surface area contributed by atoms with Crippen molar-refractivity contribution in [3.63, 3.8) is 0 Å². The van der Waals surface area contributed by atoms with Gasteiger partial charge in [0.1, 0.15) is 5.82 Å². The maximum Gasteiger partial charge on any atom is 0.148 e. The lowest BCUT2D eigenvalue weighted by Crippen LogP contribution is -2.13. The SMILES string of the molecule is CC(CCO)CNc1cccc(F)c1N. The second-order valence-corrected chi connectivity index (χ2v) is 3.70. The van der Waals surface area contributed by atoms with Crippen molar-refractivity contribution in [3.05, 3.63) is 24.0 Å². The lowest BCUT2D eigenvalue weighted by Gasteiger charge is -2.13. The van der Waals surface area contributed by atoms with E-state index in [1.807, 2.05) is 6.92 Å². The van der Waals surface area contributed by atoms with Crippen molar-refractivity contribution in [2.75, 3.05) is 24.2 Å². The van der Waals surface area contributed by atoms with Gasteiger partial charge in [-0.05, 0) is 24.5 Å². The molecule has 0 bridgehead atoms. The highest BCUT2D eigenvalue weighted by atomic mass is 19.1. The summed E-state index contributed by atoms with van der Waals surface area (Å²) in [5.74, 6) is -0.0764. The molecule has 4 N–H and O–H groups in total. The zero-order chi connectivity index (χ0) is 11.3. The van der Waals surface area contributed by atoms with Crippen LogP contribution in [0.5, 0.6) is 0 Å². The van der Waals surface area contributed by atoms with Gasteiger partial charge in [0.15, 0.2) is 0 Å². The number of hydrogen-bond donors (Lipinski definition) is 3. The monoisotopic (exact) mass is 212 g/mol. The molecule has 1 rings (SSSR count). The van der Waals surface area contributed by atoms with Crippen LogP contribution in [0.4, 0.5) is 15.8 Å². The van der Waals surface area contributed by atoms with Gasteiger partial charge in [-0.2, -0.15) is 0 Å². The summed E-state index contributed by atoms with van der Waals surface area (Å²) in [4.78, 5) is 0. The molecule has 0 radical (unpaired) electrons. The van der Waals surface area contributed by atoms with Crippen LogP contribution in [0, 0.1) is 11.7 Å². The van der Waals surface area contributed by atoms with Crippen molar-refractivity contribution in [2.24, 2.45) is 5.92 Å². The number of anilines is 2. The highest BCUT2D eigenvalue weighted by Gasteiger charge is 2.05. The number of benzene rings is 1. The molecule has 0 fully saturated rings. The summed E-state index contributed by atoms with van der Waals surface area (Å²) in [5.41, 5.74) is 6.31. The predicted octanol–water partition coefficient (Wildman–Crippen LogP) is 1.84. The summed E-state index contributed by atoms with van der Waals surface area (Å²) in [7, 11) is 0. The van der Waals surface area contributed by atoms with E-state index in [2.05, 4.69) is 5.32 Å². The predicted molar refractivity (Wildman–Crippen MR) is 60.2 cm³/mol. The molecule has 0 aliphatic heterocycles. The van der Waals surface area contributed by atoms with Crippen molar-refractivity contribution < 1.29 is 9.50 Å². The standard InChI is InChI=1S/C11H17FN2O/c1-8(5-6-15)7-14-10-4-2-3-9(12)11(10)13/h2-4,8,14-15H,5-7,13H2,1H3. The highest BCUT2D eigenvalue weighted by Crippen LogP contribution is 2.21. The molecule has 4 heteroatoms. The van der Waals surface area contributed by atoms with Gasteiger partial charge in [-0.3, -0.25) is 0 Å². The van der Waals surface area contributed by atoms with Gasteiger partial charge in [-0.1, -0.05) is 13.0 Å². The Balaban J connectivity index is 2.54. The third-order valence-corrected chi connectivity index (χ3v) is 2.32. The Morgan fingerprint density at radius 2 is 2.27 bits per heavy atom. The zero-order valence-electron chi connectivity index (χ0n) is 8.83. The average molecular weight is 212 g/mol. The van der Waals surface area contributed by atoms with Gasteiger partial charge >= 0.3 is 0 Å². The van der Waals surface area contributed by atoms with Crippen LogP contribution in [0.1, 0.15) is 13.3 Å². The third kappa shape index (κ3) is 3.40. The highest BCUT2D eigenvalue weighted by molar-refractivity contribution is 5.66. The zero-order valence-corrected chi connectivity index (χ0v) is 8.83. The van der Waals surface area contributed by atoms with Crippen molar-refractivity contribution in [3.8, 4) is 0 Å². The van der Waals surface area contributed by atoms with E-state index in [-0.39, 0.29) is 12.3 Å². The fourth-order valence-corrected chi connectivity index (χ4v) is 1.30. The number of hydrogen-bond acceptors (Lipinski definition) is 3. The van der Waals surface area contributed by atoms with E-state index in [4.69, 9.17) is 10.8 Å². The summed E-state index contributed by atoms with van der Waals surface area (Å²) in [6.45, 7) is 2.86. The van der Waals surface area contributed by atoms with Crippen LogP contribution in [-0.4, -0.2) is 18.3 Å². The third-order valence-electron chi connectivity index (χ3n) is 2.32. The normalized spacial score (nSPS) is 12.5. The number of nitrogens with two attached hydrogens (primary N) is 1. The molecule has 1 aromatic carbocycles. The Morgan fingerprint density at radius 1 is 1.53 bits per heavy atom. The van der Waals surface area contributed by atoms with E-state index >= 15 is 0 Å². The number of aliphatic hydroxyl groups excluding tert-OH is 1. The summed E-state index contributed by atoms with van der Waals surface area (Å²) in [6.07, 6.45) is 0.724. The van der Waals surface area contributed by atoms with Crippen molar-refractivity contribution >= 4 is 11.4 Å². The van der Waals surface area contributed by atoms with Crippen LogP contribution in [0.15, 0.2) is 18.2 Å². The largest absolute Gasteiger partial charge is 0.396 e. The summed E-state index contributed by atoms with van der Waals surface area (Å²) >= 11 is 0. The van der Waals surface area contributed by atoms with Crippen LogP contribution in [0.3, 0.4) is 0 Å². The summed E-state index contributed by atoms with van der Waals surface area (Å²) in [5, 5.41) is 11.8. The van der Waals surface area contributed by atoms with Crippen LogP contribution in [0.25, 0.3) is 0 Å². The topological polar surface area (TPSA) is 58.3 Å². The molecule has 1 unspecified atom stereocenters. The molecular formula is C11H17FN2O. The summed E-state index contributed by atoms with van der Waals surface area (Å²) < 4.78 is 13.0. The van der Waals surface area contributed by atoms with Crippen molar-refractivity contribution in [2.45, 2.75) is 13.3 Å². The molecule has 15 heavy (non-hydrogen) atoms. The quantitative estimate of drug-likeness (QED) is 0.653. The van der Waals surface area contributed by atoms with Gasteiger partial charge in [0.05, 0.1) is 11.4 Å². The smallest absolute Gasteiger partial charge is 0.148 e. The van der Waals surface area contributed by atoms with Gasteiger partial charge in [0, 0.05) is 13.2 Å². The van der Waals surface area contributed by atoms with E-state index in [0.717, 1.165) is 6.42 Å². The van der Waals surface area contributed by atoms with Gasteiger partial charge in [0.25, 0.3) is 0 Å². The summed E-state index contributed by atoms with van der Waals surface area (Å²) in [6, 6.07) is 4.69. The molecule has 1 atom stereocenters. The Morgan fingerprint density at radius 3 is 2.93 bits per heavy atom. The molecule has 3 nitrogen and oxygen atoms in total. The first kappa shape index (κ1) is 11.8. The molecule has 0 saturated carbocycles. The Hall–Kier alpha value is -1.29. The molecule has 0 saturated heterocycles. The fourth-order valence-electron chi connectivity index (χ4n) is 1.30. The number of para-hydroxylation sites is 1.